The number of rotatable bonds is 7. The van der Waals surface area contributed by atoms with Gasteiger partial charge in [0.1, 0.15) is 5.75 Å². The molecule has 0 bridgehead atoms. The lowest BCUT2D eigenvalue weighted by molar-refractivity contribution is 0.0498. The first-order valence-corrected chi connectivity index (χ1v) is 6.38. The number of hydrogen-bond donors (Lipinski definition) is 1. The van der Waals surface area contributed by atoms with E-state index in [-0.39, 0.29) is 5.97 Å². The molecule has 0 aliphatic heterocycles. The van der Waals surface area contributed by atoms with E-state index in [1.807, 2.05) is 6.92 Å². The summed E-state index contributed by atoms with van der Waals surface area (Å²) in [6.07, 6.45) is 3.07. The minimum atomic E-state index is -0.333. The number of benzene rings is 1. The molecule has 0 heterocycles. The molecule has 0 spiro atoms. The molecule has 0 aliphatic rings. The summed E-state index contributed by atoms with van der Waals surface area (Å²) < 4.78 is 10.5. The van der Waals surface area contributed by atoms with E-state index in [0.717, 1.165) is 19.3 Å². The van der Waals surface area contributed by atoms with Gasteiger partial charge in [-0.15, -0.1) is 0 Å². The van der Waals surface area contributed by atoms with E-state index in [0.29, 0.717) is 30.2 Å². The maximum Gasteiger partial charge on any atom is 0.338 e. The Bertz CT molecular complexity index is 391. The predicted molar refractivity (Wildman–Crippen MR) is 71.8 cm³/mol. The molecule has 18 heavy (non-hydrogen) atoms. The van der Waals surface area contributed by atoms with Crippen LogP contribution in [-0.4, -0.2) is 19.2 Å². The molecule has 0 aromatic heterocycles. The minimum Gasteiger partial charge on any atom is -0.492 e. The van der Waals surface area contributed by atoms with Gasteiger partial charge in [0.25, 0.3) is 0 Å². The van der Waals surface area contributed by atoms with Crippen molar-refractivity contribution >= 4 is 11.7 Å². The Balaban J connectivity index is 2.55. The summed E-state index contributed by atoms with van der Waals surface area (Å²) >= 11 is 0. The number of unbranched alkanes of at least 4 members (excludes halogenated alkanes) is 2. The normalized spacial score (nSPS) is 10.1. The standard InChI is InChI=1S/C14H21NO3/c1-3-5-6-9-18-14(16)11-7-8-13(17-4-2)12(15)10-11/h7-8,10H,3-6,9,15H2,1-2H3. The van der Waals surface area contributed by atoms with Gasteiger partial charge < -0.3 is 15.2 Å². The molecule has 0 saturated heterocycles. The summed E-state index contributed by atoms with van der Waals surface area (Å²) in [6.45, 7) is 5.00. The van der Waals surface area contributed by atoms with Gasteiger partial charge in [-0.2, -0.15) is 0 Å². The van der Waals surface area contributed by atoms with Crippen LogP contribution in [0.4, 0.5) is 5.69 Å². The molecular weight excluding hydrogens is 230 g/mol. The Morgan fingerprint density at radius 1 is 1.28 bits per heavy atom. The zero-order chi connectivity index (χ0) is 13.4. The van der Waals surface area contributed by atoms with E-state index in [1.54, 1.807) is 18.2 Å². The highest BCUT2D eigenvalue weighted by Gasteiger charge is 2.09. The van der Waals surface area contributed by atoms with Crippen LogP contribution in [-0.2, 0) is 4.74 Å². The van der Waals surface area contributed by atoms with Gasteiger partial charge in [-0.1, -0.05) is 19.8 Å². The number of nitrogen functional groups attached to an aromatic ring is 1. The highest BCUT2D eigenvalue weighted by molar-refractivity contribution is 5.91. The third kappa shape index (κ3) is 4.28. The molecule has 2 N–H and O–H groups in total. The van der Waals surface area contributed by atoms with Crippen LogP contribution in [0, 0.1) is 0 Å². The number of carbonyl (C=O) groups is 1. The van der Waals surface area contributed by atoms with Gasteiger partial charge >= 0.3 is 5.97 Å². The Morgan fingerprint density at radius 2 is 2.06 bits per heavy atom. The van der Waals surface area contributed by atoms with Crippen molar-refractivity contribution in [3.05, 3.63) is 23.8 Å². The van der Waals surface area contributed by atoms with Gasteiger partial charge in [-0.25, -0.2) is 4.79 Å². The maximum absolute atomic E-state index is 11.7. The average Bonchev–Trinajstić information content (AvgIpc) is 2.37. The highest BCUT2D eigenvalue weighted by atomic mass is 16.5. The Kier molecular flexibility index (Phi) is 6.05. The molecule has 1 rings (SSSR count). The summed E-state index contributed by atoms with van der Waals surface area (Å²) in [5, 5.41) is 0. The monoisotopic (exact) mass is 251 g/mol. The van der Waals surface area contributed by atoms with Gasteiger partial charge in [-0.05, 0) is 31.5 Å². The largest absolute Gasteiger partial charge is 0.492 e. The molecule has 1 aromatic carbocycles. The van der Waals surface area contributed by atoms with E-state index >= 15 is 0 Å². The van der Waals surface area contributed by atoms with Crippen LogP contribution in [0.15, 0.2) is 18.2 Å². The van der Waals surface area contributed by atoms with Crippen molar-refractivity contribution in [2.75, 3.05) is 18.9 Å². The Labute approximate surface area is 108 Å². The quantitative estimate of drug-likeness (QED) is 0.459. The molecule has 4 heteroatoms. The summed E-state index contributed by atoms with van der Waals surface area (Å²) in [7, 11) is 0. The first-order valence-electron chi connectivity index (χ1n) is 6.38. The van der Waals surface area contributed by atoms with Crippen molar-refractivity contribution in [2.24, 2.45) is 0 Å². The number of esters is 1. The average molecular weight is 251 g/mol. The number of nitrogens with two attached hydrogens (primary N) is 1. The maximum atomic E-state index is 11.7. The Morgan fingerprint density at radius 3 is 2.67 bits per heavy atom. The zero-order valence-electron chi connectivity index (χ0n) is 11.1. The van der Waals surface area contributed by atoms with Crippen molar-refractivity contribution in [1.29, 1.82) is 0 Å². The highest BCUT2D eigenvalue weighted by Crippen LogP contribution is 2.22. The van der Waals surface area contributed by atoms with Gasteiger partial charge in [0, 0.05) is 0 Å². The SMILES string of the molecule is CCCCCOC(=O)c1ccc(OCC)c(N)c1. The smallest absolute Gasteiger partial charge is 0.338 e. The molecule has 4 nitrogen and oxygen atoms in total. The molecule has 0 unspecified atom stereocenters. The van der Waals surface area contributed by atoms with Crippen LogP contribution in [0.2, 0.25) is 0 Å². The van der Waals surface area contributed by atoms with Crippen LogP contribution in [0.1, 0.15) is 43.5 Å². The number of anilines is 1. The molecule has 0 fully saturated rings. The molecule has 0 atom stereocenters. The lowest BCUT2D eigenvalue weighted by atomic mass is 10.2. The minimum absolute atomic E-state index is 0.333. The third-order valence-corrected chi connectivity index (χ3v) is 2.53. The van der Waals surface area contributed by atoms with Crippen LogP contribution in [0.25, 0.3) is 0 Å². The number of hydrogen-bond acceptors (Lipinski definition) is 4. The Hall–Kier alpha value is -1.71. The van der Waals surface area contributed by atoms with Crippen molar-refractivity contribution in [3.8, 4) is 5.75 Å². The van der Waals surface area contributed by atoms with Crippen molar-refractivity contribution in [2.45, 2.75) is 33.1 Å². The van der Waals surface area contributed by atoms with Crippen molar-refractivity contribution < 1.29 is 14.3 Å². The molecular formula is C14H21NO3. The summed E-state index contributed by atoms with van der Waals surface area (Å²) in [4.78, 5) is 11.7. The summed E-state index contributed by atoms with van der Waals surface area (Å²) in [5.41, 5.74) is 6.71. The number of ether oxygens (including phenoxy) is 2. The van der Waals surface area contributed by atoms with Gasteiger partial charge in [0.15, 0.2) is 0 Å². The number of carbonyl (C=O) groups excluding carboxylic acids is 1. The molecule has 0 saturated carbocycles. The van der Waals surface area contributed by atoms with Gasteiger partial charge in [-0.3, -0.25) is 0 Å². The summed E-state index contributed by atoms with van der Waals surface area (Å²) in [5.74, 6) is 0.265. The second-order valence-electron chi connectivity index (χ2n) is 4.03. The molecule has 0 radical (unpaired) electrons. The zero-order valence-corrected chi connectivity index (χ0v) is 11.1. The van der Waals surface area contributed by atoms with Crippen molar-refractivity contribution in [3.63, 3.8) is 0 Å². The predicted octanol–water partition coefficient (Wildman–Crippen LogP) is 3.01. The molecule has 100 valence electrons. The van der Waals surface area contributed by atoms with Gasteiger partial charge in [0.2, 0.25) is 0 Å². The molecule has 1 aromatic rings. The van der Waals surface area contributed by atoms with Crippen LogP contribution < -0.4 is 10.5 Å². The van der Waals surface area contributed by atoms with Crippen LogP contribution in [0.5, 0.6) is 5.75 Å². The van der Waals surface area contributed by atoms with Crippen LogP contribution in [0.3, 0.4) is 0 Å². The van der Waals surface area contributed by atoms with Crippen molar-refractivity contribution in [1.82, 2.24) is 0 Å². The fraction of sp³-hybridized carbons (Fsp3) is 0.500. The fourth-order valence-electron chi connectivity index (χ4n) is 1.56. The first kappa shape index (κ1) is 14.4. The topological polar surface area (TPSA) is 61.5 Å². The van der Waals surface area contributed by atoms with E-state index in [4.69, 9.17) is 15.2 Å². The fourth-order valence-corrected chi connectivity index (χ4v) is 1.56. The second kappa shape index (κ2) is 7.58. The molecule has 0 aliphatic carbocycles. The van der Waals surface area contributed by atoms with E-state index in [2.05, 4.69) is 6.92 Å². The van der Waals surface area contributed by atoms with Crippen LogP contribution >= 0.6 is 0 Å². The lowest BCUT2D eigenvalue weighted by Crippen LogP contribution is -2.07. The third-order valence-electron chi connectivity index (χ3n) is 2.53. The second-order valence-corrected chi connectivity index (χ2v) is 4.03. The first-order chi connectivity index (χ1) is 8.69. The lowest BCUT2D eigenvalue weighted by Gasteiger charge is -2.09. The summed E-state index contributed by atoms with van der Waals surface area (Å²) in [6, 6.07) is 4.96. The van der Waals surface area contributed by atoms with Gasteiger partial charge in [0.05, 0.1) is 24.5 Å². The van der Waals surface area contributed by atoms with E-state index in [1.165, 1.54) is 0 Å². The van der Waals surface area contributed by atoms with E-state index < -0.39 is 0 Å². The van der Waals surface area contributed by atoms with E-state index in [9.17, 15) is 4.79 Å². The molecule has 0 amide bonds.